The van der Waals surface area contributed by atoms with Crippen LogP contribution in [-0.4, -0.2) is 29.8 Å². The zero-order valence-electron chi connectivity index (χ0n) is 15.9. The second-order valence-corrected chi connectivity index (χ2v) is 7.17. The van der Waals surface area contributed by atoms with E-state index in [1.54, 1.807) is 4.90 Å². The van der Waals surface area contributed by atoms with E-state index >= 15 is 0 Å². The molecule has 1 unspecified atom stereocenters. The van der Waals surface area contributed by atoms with E-state index in [0.717, 1.165) is 17.1 Å². The standard InChI is InChI=1S/C21H25FN2O3/c1-13-12-19(15(3)27-13)14(2)23-20(25)16-8-10-24(11-9-16)21(26)17-4-6-18(22)7-5-17/h4-7,12,14,16H,8-11H2,1-3H3,(H,23,25). The number of halogens is 1. The number of nitrogens with zero attached hydrogens (tertiary/aromatic N) is 1. The molecule has 1 N–H and O–H groups in total. The molecule has 0 saturated carbocycles. The number of rotatable bonds is 4. The van der Waals surface area contributed by atoms with Crippen LogP contribution in [0.1, 0.15) is 53.2 Å². The van der Waals surface area contributed by atoms with Crippen LogP contribution in [0.4, 0.5) is 4.39 Å². The monoisotopic (exact) mass is 372 g/mol. The fraction of sp³-hybridized carbons (Fsp3) is 0.429. The molecule has 6 heteroatoms. The van der Waals surface area contributed by atoms with E-state index < -0.39 is 0 Å². The van der Waals surface area contributed by atoms with E-state index in [4.69, 9.17) is 4.42 Å². The van der Waals surface area contributed by atoms with Gasteiger partial charge in [-0.25, -0.2) is 4.39 Å². The number of piperidine rings is 1. The Labute approximate surface area is 158 Å². The lowest BCUT2D eigenvalue weighted by Crippen LogP contribution is -2.43. The summed E-state index contributed by atoms with van der Waals surface area (Å²) in [6, 6.07) is 7.39. The maximum Gasteiger partial charge on any atom is 0.253 e. The minimum absolute atomic E-state index is 0.00892. The molecule has 1 fully saturated rings. The Bertz CT molecular complexity index is 820. The number of amides is 2. The molecule has 144 valence electrons. The number of carbonyl (C=O) groups is 2. The topological polar surface area (TPSA) is 62.6 Å². The summed E-state index contributed by atoms with van der Waals surface area (Å²) in [6.07, 6.45) is 1.24. The van der Waals surface area contributed by atoms with E-state index in [1.165, 1.54) is 24.3 Å². The predicted octanol–water partition coefficient (Wildman–Crippen LogP) is 3.77. The number of hydrogen-bond acceptors (Lipinski definition) is 3. The SMILES string of the molecule is Cc1cc(C(C)NC(=O)C2CCN(C(=O)c3ccc(F)cc3)CC2)c(C)o1. The first-order valence-corrected chi connectivity index (χ1v) is 9.27. The molecule has 5 nitrogen and oxygen atoms in total. The summed E-state index contributed by atoms with van der Waals surface area (Å²) in [6.45, 7) is 6.77. The Hall–Kier alpha value is -2.63. The molecule has 1 aliphatic heterocycles. The molecular weight excluding hydrogens is 347 g/mol. The Kier molecular flexibility index (Phi) is 5.63. The van der Waals surface area contributed by atoms with Crippen LogP contribution in [0.15, 0.2) is 34.7 Å². The molecule has 1 atom stereocenters. The van der Waals surface area contributed by atoms with Gasteiger partial charge in [-0.1, -0.05) is 0 Å². The smallest absolute Gasteiger partial charge is 0.253 e. The fourth-order valence-corrected chi connectivity index (χ4v) is 3.61. The van der Waals surface area contributed by atoms with Gasteiger partial charge in [0.1, 0.15) is 17.3 Å². The summed E-state index contributed by atoms with van der Waals surface area (Å²) < 4.78 is 18.5. The Balaban J connectivity index is 1.54. The number of furan rings is 1. The summed E-state index contributed by atoms with van der Waals surface area (Å²) in [5.74, 6) is 1.06. The lowest BCUT2D eigenvalue weighted by atomic mass is 9.94. The van der Waals surface area contributed by atoms with Crippen LogP contribution in [0.2, 0.25) is 0 Å². The van der Waals surface area contributed by atoms with Crippen molar-refractivity contribution in [3.05, 3.63) is 58.8 Å². The number of nitrogens with one attached hydrogen (secondary N) is 1. The second kappa shape index (κ2) is 7.94. The van der Waals surface area contributed by atoms with Crippen molar-refractivity contribution < 1.29 is 18.4 Å². The highest BCUT2D eigenvalue weighted by atomic mass is 19.1. The van der Waals surface area contributed by atoms with Crippen LogP contribution in [0.25, 0.3) is 0 Å². The average molecular weight is 372 g/mol. The summed E-state index contributed by atoms with van der Waals surface area (Å²) in [5.41, 5.74) is 1.46. The number of likely N-dealkylation sites (tertiary alicyclic amines) is 1. The van der Waals surface area contributed by atoms with Gasteiger partial charge in [-0.2, -0.15) is 0 Å². The van der Waals surface area contributed by atoms with Gasteiger partial charge in [0.2, 0.25) is 5.91 Å². The van der Waals surface area contributed by atoms with E-state index in [1.807, 2.05) is 26.8 Å². The third-order valence-electron chi connectivity index (χ3n) is 5.15. The second-order valence-electron chi connectivity index (χ2n) is 7.17. The van der Waals surface area contributed by atoms with Gasteiger partial charge in [-0.3, -0.25) is 9.59 Å². The maximum absolute atomic E-state index is 13.0. The van der Waals surface area contributed by atoms with Crippen LogP contribution >= 0.6 is 0 Å². The van der Waals surface area contributed by atoms with Gasteiger partial charge in [0.05, 0.1) is 6.04 Å². The van der Waals surface area contributed by atoms with Crippen LogP contribution < -0.4 is 5.32 Å². The number of hydrogen-bond donors (Lipinski definition) is 1. The molecule has 0 spiro atoms. The number of aryl methyl sites for hydroxylation is 2. The third-order valence-corrected chi connectivity index (χ3v) is 5.15. The van der Waals surface area contributed by atoms with Gasteiger partial charge >= 0.3 is 0 Å². The minimum atomic E-state index is -0.362. The molecule has 0 aliphatic carbocycles. The first-order chi connectivity index (χ1) is 12.8. The molecule has 1 aromatic heterocycles. The van der Waals surface area contributed by atoms with Crippen LogP contribution in [0.3, 0.4) is 0 Å². The summed E-state index contributed by atoms with van der Waals surface area (Å²) in [4.78, 5) is 26.8. The summed E-state index contributed by atoms with van der Waals surface area (Å²) in [5, 5.41) is 3.06. The fourth-order valence-electron chi connectivity index (χ4n) is 3.61. The molecule has 0 bridgehead atoms. The van der Waals surface area contributed by atoms with Crippen LogP contribution in [0.5, 0.6) is 0 Å². The Morgan fingerprint density at radius 2 is 1.81 bits per heavy atom. The van der Waals surface area contributed by atoms with Crippen LogP contribution in [0, 0.1) is 25.6 Å². The van der Waals surface area contributed by atoms with Gasteiger partial charge in [0, 0.05) is 30.1 Å². The molecular formula is C21H25FN2O3. The van der Waals surface area contributed by atoms with Crippen molar-refractivity contribution in [2.24, 2.45) is 5.92 Å². The van der Waals surface area contributed by atoms with E-state index in [9.17, 15) is 14.0 Å². The molecule has 27 heavy (non-hydrogen) atoms. The molecule has 0 radical (unpaired) electrons. The van der Waals surface area contributed by atoms with Crippen molar-refractivity contribution >= 4 is 11.8 Å². The van der Waals surface area contributed by atoms with Crippen molar-refractivity contribution in [3.8, 4) is 0 Å². The van der Waals surface area contributed by atoms with Gasteiger partial charge in [-0.05, 0) is 63.9 Å². The molecule has 1 aromatic carbocycles. The highest BCUT2D eigenvalue weighted by Crippen LogP contribution is 2.24. The van der Waals surface area contributed by atoms with Crippen LogP contribution in [-0.2, 0) is 4.79 Å². The third kappa shape index (κ3) is 4.38. The molecule has 1 aliphatic rings. The molecule has 1 saturated heterocycles. The maximum atomic E-state index is 13.0. The van der Waals surface area contributed by atoms with E-state index in [-0.39, 0.29) is 29.6 Å². The predicted molar refractivity (Wildman–Crippen MR) is 99.8 cm³/mol. The van der Waals surface area contributed by atoms with Crippen molar-refractivity contribution in [2.45, 2.75) is 39.7 Å². The first kappa shape index (κ1) is 19.1. The van der Waals surface area contributed by atoms with E-state index in [2.05, 4.69) is 5.32 Å². The molecule has 2 amide bonds. The van der Waals surface area contributed by atoms with Gasteiger partial charge in [-0.15, -0.1) is 0 Å². The largest absolute Gasteiger partial charge is 0.466 e. The van der Waals surface area contributed by atoms with Crippen molar-refractivity contribution in [2.75, 3.05) is 13.1 Å². The number of benzene rings is 1. The van der Waals surface area contributed by atoms with Gasteiger partial charge < -0.3 is 14.6 Å². The van der Waals surface area contributed by atoms with Gasteiger partial charge in [0.15, 0.2) is 0 Å². The zero-order valence-corrected chi connectivity index (χ0v) is 15.9. The number of carbonyl (C=O) groups excluding carboxylic acids is 2. The highest BCUT2D eigenvalue weighted by Gasteiger charge is 2.29. The van der Waals surface area contributed by atoms with Gasteiger partial charge in [0.25, 0.3) is 5.91 Å². The molecule has 3 rings (SSSR count). The molecule has 2 aromatic rings. The lowest BCUT2D eigenvalue weighted by Gasteiger charge is -2.32. The van der Waals surface area contributed by atoms with E-state index in [0.29, 0.717) is 31.5 Å². The summed E-state index contributed by atoms with van der Waals surface area (Å²) >= 11 is 0. The summed E-state index contributed by atoms with van der Waals surface area (Å²) in [7, 11) is 0. The average Bonchev–Trinajstić information content (AvgIpc) is 3.00. The lowest BCUT2D eigenvalue weighted by molar-refractivity contribution is -0.127. The quantitative estimate of drug-likeness (QED) is 0.889. The van der Waals surface area contributed by atoms with Crippen molar-refractivity contribution in [1.29, 1.82) is 0 Å². The molecule has 2 heterocycles. The highest BCUT2D eigenvalue weighted by molar-refractivity contribution is 5.94. The first-order valence-electron chi connectivity index (χ1n) is 9.27. The Morgan fingerprint density at radius 1 is 1.19 bits per heavy atom. The van der Waals surface area contributed by atoms with Crippen molar-refractivity contribution in [1.82, 2.24) is 10.2 Å². The zero-order chi connectivity index (χ0) is 19.6. The van der Waals surface area contributed by atoms with Crippen molar-refractivity contribution in [3.63, 3.8) is 0 Å². The normalized spacial score (nSPS) is 16.2. The minimum Gasteiger partial charge on any atom is -0.466 e. The Morgan fingerprint density at radius 3 is 2.37 bits per heavy atom.